The first-order valence-corrected chi connectivity index (χ1v) is 6.13. The van der Waals surface area contributed by atoms with E-state index in [1.54, 1.807) is 37.3 Å². The van der Waals surface area contributed by atoms with E-state index in [-0.39, 0.29) is 5.82 Å². The largest absolute Gasteiger partial charge is 0.456 e. The van der Waals surface area contributed by atoms with E-state index < -0.39 is 0 Å². The number of anilines is 1. The van der Waals surface area contributed by atoms with Gasteiger partial charge in [-0.2, -0.15) is 0 Å². The zero-order chi connectivity index (χ0) is 12.4. The number of benzene rings is 2. The highest BCUT2D eigenvalue weighted by Crippen LogP contribution is 2.28. The van der Waals surface area contributed by atoms with Crippen molar-refractivity contribution in [3.63, 3.8) is 0 Å². The molecular weight excluding hydrogens is 332 g/mol. The first kappa shape index (κ1) is 12.2. The molecule has 0 aliphatic rings. The minimum absolute atomic E-state index is 0.270. The van der Waals surface area contributed by atoms with Gasteiger partial charge in [-0.25, -0.2) is 4.39 Å². The molecule has 0 aromatic heterocycles. The van der Waals surface area contributed by atoms with Gasteiger partial charge in [-0.3, -0.25) is 0 Å². The Labute approximate surface area is 113 Å². The molecule has 0 atom stereocenters. The van der Waals surface area contributed by atoms with Crippen LogP contribution in [0.1, 0.15) is 5.56 Å². The minimum Gasteiger partial charge on any atom is -0.456 e. The first-order valence-electron chi connectivity index (χ1n) is 5.05. The number of ether oxygens (including phenoxy) is 1. The van der Waals surface area contributed by atoms with E-state index in [4.69, 9.17) is 10.5 Å². The van der Waals surface area contributed by atoms with Crippen molar-refractivity contribution in [3.8, 4) is 11.5 Å². The lowest BCUT2D eigenvalue weighted by Crippen LogP contribution is -1.91. The molecule has 17 heavy (non-hydrogen) atoms. The predicted octanol–water partition coefficient (Wildman–Crippen LogP) is 4.11. The molecule has 0 heterocycles. The van der Waals surface area contributed by atoms with Crippen LogP contribution in [0.4, 0.5) is 10.1 Å². The zero-order valence-electron chi connectivity index (χ0n) is 9.21. The van der Waals surface area contributed by atoms with Crippen LogP contribution in [-0.4, -0.2) is 0 Å². The molecule has 0 saturated heterocycles. The van der Waals surface area contributed by atoms with Gasteiger partial charge in [0, 0.05) is 11.8 Å². The molecule has 2 N–H and O–H groups in total. The lowest BCUT2D eigenvalue weighted by atomic mass is 10.2. The van der Waals surface area contributed by atoms with Gasteiger partial charge in [-0.1, -0.05) is 6.07 Å². The number of aryl methyl sites for hydroxylation is 1. The fraction of sp³-hybridized carbons (Fsp3) is 0.0769. The van der Waals surface area contributed by atoms with Gasteiger partial charge in [0.2, 0.25) is 0 Å². The van der Waals surface area contributed by atoms with E-state index in [0.29, 0.717) is 22.7 Å². The predicted molar refractivity (Wildman–Crippen MR) is 74.8 cm³/mol. The van der Waals surface area contributed by atoms with Crippen LogP contribution in [-0.2, 0) is 0 Å². The molecule has 0 aliphatic carbocycles. The van der Waals surface area contributed by atoms with Gasteiger partial charge in [0.1, 0.15) is 17.3 Å². The molecular formula is C13H11FINO. The number of halogens is 2. The summed E-state index contributed by atoms with van der Waals surface area (Å²) < 4.78 is 19.8. The maximum absolute atomic E-state index is 13.3. The molecule has 0 spiro atoms. The van der Waals surface area contributed by atoms with Crippen molar-refractivity contribution >= 4 is 28.3 Å². The quantitative estimate of drug-likeness (QED) is 0.658. The van der Waals surface area contributed by atoms with Crippen LogP contribution in [0.3, 0.4) is 0 Å². The molecule has 2 aromatic rings. The normalized spacial score (nSPS) is 10.3. The average Bonchev–Trinajstić information content (AvgIpc) is 2.27. The number of nitrogens with two attached hydrogens (primary N) is 1. The van der Waals surface area contributed by atoms with Gasteiger partial charge in [-0.15, -0.1) is 0 Å². The number of rotatable bonds is 2. The van der Waals surface area contributed by atoms with Crippen LogP contribution < -0.4 is 10.5 Å². The monoisotopic (exact) mass is 343 g/mol. The van der Waals surface area contributed by atoms with Crippen LogP contribution in [0.25, 0.3) is 0 Å². The van der Waals surface area contributed by atoms with Crippen LogP contribution >= 0.6 is 22.6 Å². The molecule has 2 rings (SSSR count). The van der Waals surface area contributed by atoms with Crippen molar-refractivity contribution < 1.29 is 9.13 Å². The lowest BCUT2D eigenvalue weighted by molar-refractivity contribution is 0.473. The summed E-state index contributed by atoms with van der Waals surface area (Å²) in [5.74, 6) is 0.881. The Morgan fingerprint density at radius 2 is 1.94 bits per heavy atom. The molecule has 0 radical (unpaired) electrons. The van der Waals surface area contributed by atoms with E-state index >= 15 is 0 Å². The second-order valence-corrected chi connectivity index (χ2v) is 4.87. The molecule has 0 unspecified atom stereocenters. The summed E-state index contributed by atoms with van der Waals surface area (Å²) in [5.41, 5.74) is 6.92. The Bertz CT molecular complexity index is 557. The van der Waals surface area contributed by atoms with Gasteiger partial charge < -0.3 is 10.5 Å². The topological polar surface area (TPSA) is 35.2 Å². The fourth-order valence-corrected chi connectivity index (χ4v) is 2.01. The third-order valence-electron chi connectivity index (χ3n) is 2.33. The Morgan fingerprint density at radius 1 is 1.18 bits per heavy atom. The van der Waals surface area contributed by atoms with Gasteiger partial charge in [0.05, 0.1) is 3.57 Å². The number of nitrogen functional groups attached to an aromatic ring is 1. The second-order valence-electron chi connectivity index (χ2n) is 3.70. The molecule has 2 aromatic carbocycles. The minimum atomic E-state index is -0.270. The van der Waals surface area contributed by atoms with E-state index in [0.717, 1.165) is 3.57 Å². The molecule has 0 saturated carbocycles. The molecule has 0 bridgehead atoms. The van der Waals surface area contributed by atoms with E-state index in [2.05, 4.69) is 22.6 Å². The number of hydrogen-bond acceptors (Lipinski definition) is 2. The molecule has 0 aliphatic heterocycles. The molecule has 4 heteroatoms. The zero-order valence-corrected chi connectivity index (χ0v) is 11.4. The Kier molecular flexibility index (Phi) is 3.51. The van der Waals surface area contributed by atoms with Crippen molar-refractivity contribution in [2.45, 2.75) is 6.92 Å². The highest BCUT2D eigenvalue weighted by Gasteiger charge is 2.05. The van der Waals surface area contributed by atoms with Gasteiger partial charge in [-0.05, 0) is 59.3 Å². The van der Waals surface area contributed by atoms with Crippen molar-refractivity contribution in [2.24, 2.45) is 0 Å². The highest BCUT2D eigenvalue weighted by molar-refractivity contribution is 14.1. The Hall–Kier alpha value is -1.30. The van der Waals surface area contributed by atoms with Crippen LogP contribution in [0.15, 0.2) is 36.4 Å². The third-order valence-corrected chi connectivity index (χ3v) is 3.17. The van der Waals surface area contributed by atoms with Gasteiger partial charge in [0.15, 0.2) is 0 Å². The summed E-state index contributed by atoms with van der Waals surface area (Å²) in [6.07, 6.45) is 0. The van der Waals surface area contributed by atoms with Crippen LogP contribution in [0.2, 0.25) is 0 Å². The average molecular weight is 343 g/mol. The van der Waals surface area contributed by atoms with E-state index in [1.165, 1.54) is 6.07 Å². The maximum Gasteiger partial charge on any atom is 0.140 e. The summed E-state index contributed by atoms with van der Waals surface area (Å²) in [4.78, 5) is 0. The molecule has 0 fully saturated rings. The summed E-state index contributed by atoms with van der Waals surface area (Å²) in [5, 5.41) is 0. The van der Waals surface area contributed by atoms with E-state index in [1.807, 2.05) is 0 Å². The summed E-state index contributed by atoms with van der Waals surface area (Å²) in [7, 11) is 0. The fourth-order valence-electron chi connectivity index (χ4n) is 1.36. The van der Waals surface area contributed by atoms with Crippen LogP contribution in [0.5, 0.6) is 11.5 Å². The first-order chi connectivity index (χ1) is 8.06. The maximum atomic E-state index is 13.3. The standard InChI is InChI=1S/C13H11FINO/c1-8-2-4-10(7-11(8)14)17-13-5-3-9(16)6-12(13)15/h2-7H,16H2,1H3. The van der Waals surface area contributed by atoms with Crippen LogP contribution in [0, 0.1) is 16.3 Å². The van der Waals surface area contributed by atoms with Crippen molar-refractivity contribution in [1.29, 1.82) is 0 Å². The molecule has 0 amide bonds. The Morgan fingerprint density at radius 3 is 2.59 bits per heavy atom. The molecule has 2 nitrogen and oxygen atoms in total. The van der Waals surface area contributed by atoms with Crippen molar-refractivity contribution in [1.82, 2.24) is 0 Å². The van der Waals surface area contributed by atoms with E-state index in [9.17, 15) is 4.39 Å². The highest BCUT2D eigenvalue weighted by atomic mass is 127. The Balaban J connectivity index is 2.28. The number of hydrogen-bond donors (Lipinski definition) is 1. The smallest absolute Gasteiger partial charge is 0.140 e. The van der Waals surface area contributed by atoms with Crippen molar-refractivity contribution in [3.05, 3.63) is 51.3 Å². The summed E-state index contributed by atoms with van der Waals surface area (Å²) >= 11 is 2.13. The van der Waals surface area contributed by atoms with Gasteiger partial charge >= 0.3 is 0 Å². The second kappa shape index (κ2) is 4.91. The molecule has 88 valence electrons. The lowest BCUT2D eigenvalue weighted by Gasteiger charge is -2.09. The summed E-state index contributed by atoms with van der Waals surface area (Å²) in [6, 6.07) is 10.1. The van der Waals surface area contributed by atoms with Crippen molar-refractivity contribution in [2.75, 3.05) is 5.73 Å². The third kappa shape index (κ3) is 2.88. The van der Waals surface area contributed by atoms with Gasteiger partial charge in [0.25, 0.3) is 0 Å². The SMILES string of the molecule is Cc1ccc(Oc2ccc(N)cc2I)cc1F. The summed E-state index contributed by atoms with van der Waals surface area (Å²) in [6.45, 7) is 1.71.